The van der Waals surface area contributed by atoms with Crippen LogP contribution in [-0.4, -0.2) is 31.6 Å². The number of hydrogen-bond acceptors (Lipinski definition) is 6. The number of nitrogens with zero attached hydrogens (tertiary/aromatic N) is 4. The Labute approximate surface area is 429 Å². The van der Waals surface area contributed by atoms with Crippen molar-refractivity contribution in [2.45, 2.75) is 157 Å². The van der Waals surface area contributed by atoms with Crippen molar-refractivity contribution in [3.05, 3.63) is 165 Å². The van der Waals surface area contributed by atoms with Crippen LogP contribution in [0.25, 0.3) is 44.8 Å². The Hall–Kier alpha value is -6.66. The largest absolute Gasteiger partial charge is 0.507 e. The van der Waals surface area contributed by atoms with E-state index in [1.165, 1.54) is 11.1 Å². The number of hydrogen-bond donors (Lipinski definition) is 2. The molecule has 6 heteroatoms. The highest BCUT2D eigenvalue weighted by Gasteiger charge is 2.42. The van der Waals surface area contributed by atoms with Crippen molar-refractivity contribution in [3.8, 4) is 56.3 Å². The number of phenolic OH excluding ortho intramolecular Hbond substituents is 2. The summed E-state index contributed by atoms with van der Waals surface area (Å²) in [5, 5.41) is 24.1. The summed E-state index contributed by atoms with van der Waals surface area (Å²) in [7, 11) is 0. The van der Waals surface area contributed by atoms with Crippen LogP contribution < -0.4 is 0 Å². The summed E-state index contributed by atoms with van der Waals surface area (Å²) in [4.78, 5) is 20.7. The molecule has 0 radical (unpaired) electrons. The van der Waals surface area contributed by atoms with Crippen LogP contribution in [0.15, 0.2) is 119 Å². The van der Waals surface area contributed by atoms with E-state index in [-0.39, 0.29) is 21.7 Å². The molecule has 1 aromatic heterocycles. The summed E-state index contributed by atoms with van der Waals surface area (Å²) in [5.74, 6) is 0.616. The predicted octanol–water partition coefficient (Wildman–Crippen LogP) is 17.2. The number of aliphatic imine (C=N–C) groups is 2. The van der Waals surface area contributed by atoms with Gasteiger partial charge in [0.2, 0.25) is 0 Å². The first kappa shape index (κ1) is 50.3. The Bertz CT molecular complexity index is 3200. The Morgan fingerprint density at radius 2 is 0.764 bits per heavy atom. The van der Waals surface area contributed by atoms with E-state index in [9.17, 15) is 10.2 Å². The molecule has 0 atom stereocenters. The average molecular weight is 955 g/mol. The lowest BCUT2D eigenvalue weighted by atomic mass is 9.74. The highest BCUT2D eigenvalue weighted by atomic mass is 16.3. The van der Waals surface area contributed by atoms with E-state index in [0.717, 1.165) is 112 Å². The SMILES string of the molecule is Cc1cc(-c2cc(-c3cc(C)cc(-c4cccc5c4N=C(c4cc(C(C)(C)C)cc(C(C)(C)C)c4O)C5(C)C)c3)ncn2)cc(-c2cccc3c2N=C(c2cc(C(C)(C)C)cc(C(C)(C)C)c2O)C3(C)C)c1. The number of phenols is 2. The van der Waals surface area contributed by atoms with E-state index in [1.807, 2.05) is 0 Å². The smallest absolute Gasteiger partial charge is 0.128 e. The van der Waals surface area contributed by atoms with Crippen LogP contribution in [0.2, 0.25) is 0 Å². The van der Waals surface area contributed by atoms with Crippen LogP contribution in [0.5, 0.6) is 11.5 Å². The molecule has 2 N–H and O–H groups in total. The molecule has 72 heavy (non-hydrogen) atoms. The van der Waals surface area contributed by atoms with Gasteiger partial charge in [-0.3, -0.25) is 9.98 Å². The molecule has 2 aliphatic heterocycles. The molecule has 0 saturated heterocycles. The van der Waals surface area contributed by atoms with Gasteiger partial charge in [-0.15, -0.1) is 0 Å². The molecule has 0 bridgehead atoms. The first-order valence-corrected chi connectivity index (χ1v) is 25.6. The molecule has 3 heterocycles. The van der Waals surface area contributed by atoms with Gasteiger partial charge in [-0.1, -0.05) is 171 Å². The van der Waals surface area contributed by atoms with Crippen LogP contribution in [-0.2, 0) is 32.5 Å². The molecule has 0 amide bonds. The third-order valence-electron chi connectivity index (χ3n) is 15.2. The highest BCUT2D eigenvalue weighted by Crippen LogP contribution is 2.52. The Morgan fingerprint density at radius 3 is 1.11 bits per heavy atom. The number of rotatable bonds is 6. The molecule has 6 nitrogen and oxygen atoms in total. The van der Waals surface area contributed by atoms with Gasteiger partial charge < -0.3 is 10.2 Å². The predicted molar refractivity (Wildman–Crippen MR) is 303 cm³/mol. The van der Waals surface area contributed by atoms with Gasteiger partial charge in [-0.25, -0.2) is 9.97 Å². The fraction of sp³-hybridized carbons (Fsp3) is 0.364. The van der Waals surface area contributed by atoms with Crippen molar-refractivity contribution in [3.63, 3.8) is 0 Å². The molecule has 2 aliphatic rings. The fourth-order valence-corrected chi connectivity index (χ4v) is 10.8. The molecule has 0 fully saturated rings. The van der Waals surface area contributed by atoms with E-state index in [1.54, 1.807) is 6.33 Å². The first-order valence-electron chi connectivity index (χ1n) is 25.6. The summed E-state index contributed by atoms with van der Waals surface area (Å²) in [5.41, 5.74) is 20.0. The topological polar surface area (TPSA) is 91.0 Å². The quantitative estimate of drug-likeness (QED) is 0.174. The van der Waals surface area contributed by atoms with Crippen LogP contribution in [0, 0.1) is 13.8 Å². The molecule has 6 aromatic carbocycles. The van der Waals surface area contributed by atoms with Crippen molar-refractivity contribution >= 4 is 22.8 Å². The number of aromatic hydroxyl groups is 2. The van der Waals surface area contributed by atoms with E-state index in [4.69, 9.17) is 20.0 Å². The normalized spacial score (nSPS) is 15.3. The second kappa shape index (κ2) is 17.0. The second-order valence-electron chi connectivity index (χ2n) is 25.9. The molecular formula is C66H74N4O2. The minimum absolute atomic E-state index is 0.118. The van der Waals surface area contributed by atoms with Crippen molar-refractivity contribution in [2.75, 3.05) is 0 Å². The lowest BCUT2D eigenvalue weighted by Crippen LogP contribution is -2.28. The molecule has 7 aromatic rings. The maximum Gasteiger partial charge on any atom is 0.128 e. The molecule has 0 aliphatic carbocycles. The number of aromatic nitrogens is 2. The Balaban J connectivity index is 1.11. The summed E-state index contributed by atoms with van der Waals surface area (Å²) < 4.78 is 0. The standard InChI is InChI=1S/C66H74N4O2/c1-37-25-39(45-21-19-23-49-55(45)69-59(65(49,15)16)47-31-43(61(3,4)5)33-51(57(47)71)63(9,10)11)29-41(27-37)53-35-54(68-36-67-53)42-28-38(2)26-40(30-42)46-22-20-24-50-56(46)70-60(66(50,17)18)48-32-44(62(6,7)8)34-52(58(48)72)64(12,13)14/h19-36,71-72H,1-18H3. The summed E-state index contributed by atoms with van der Waals surface area (Å²) in [6.07, 6.45) is 1.67. The maximum atomic E-state index is 12.0. The van der Waals surface area contributed by atoms with Crippen LogP contribution in [0.1, 0.15) is 166 Å². The van der Waals surface area contributed by atoms with Crippen molar-refractivity contribution in [1.82, 2.24) is 9.97 Å². The van der Waals surface area contributed by atoms with Gasteiger partial charge in [-0.05, 0) is 122 Å². The van der Waals surface area contributed by atoms with Crippen LogP contribution in [0.3, 0.4) is 0 Å². The Kier molecular flexibility index (Phi) is 11.9. The number of para-hydroxylation sites is 2. The van der Waals surface area contributed by atoms with Gasteiger partial charge in [0, 0.05) is 55.3 Å². The van der Waals surface area contributed by atoms with Crippen molar-refractivity contribution in [2.24, 2.45) is 9.98 Å². The summed E-state index contributed by atoms with van der Waals surface area (Å²) >= 11 is 0. The first-order chi connectivity index (χ1) is 33.3. The van der Waals surface area contributed by atoms with Gasteiger partial charge in [-0.2, -0.15) is 0 Å². The third kappa shape index (κ3) is 8.79. The van der Waals surface area contributed by atoms with E-state index < -0.39 is 10.8 Å². The van der Waals surface area contributed by atoms with Crippen LogP contribution in [0.4, 0.5) is 11.4 Å². The summed E-state index contributed by atoms with van der Waals surface area (Å²) in [6.45, 7) is 39.4. The van der Waals surface area contributed by atoms with Gasteiger partial charge in [0.1, 0.15) is 17.8 Å². The summed E-state index contributed by atoms with van der Waals surface area (Å²) in [6, 6.07) is 37.0. The maximum absolute atomic E-state index is 12.0. The molecule has 9 rings (SSSR count). The van der Waals surface area contributed by atoms with E-state index in [0.29, 0.717) is 11.5 Å². The average Bonchev–Trinajstić information content (AvgIpc) is 3.71. The second-order valence-corrected chi connectivity index (χ2v) is 25.9. The third-order valence-corrected chi connectivity index (χ3v) is 15.2. The van der Waals surface area contributed by atoms with Gasteiger partial charge >= 0.3 is 0 Å². The van der Waals surface area contributed by atoms with Crippen LogP contribution >= 0.6 is 0 Å². The molecule has 0 unspecified atom stereocenters. The zero-order valence-corrected chi connectivity index (χ0v) is 46.1. The van der Waals surface area contributed by atoms with Crippen molar-refractivity contribution < 1.29 is 10.2 Å². The monoisotopic (exact) mass is 955 g/mol. The number of aryl methyl sites for hydroxylation is 2. The fourth-order valence-electron chi connectivity index (χ4n) is 10.8. The lowest BCUT2D eigenvalue weighted by Gasteiger charge is -2.30. The molecule has 370 valence electrons. The van der Waals surface area contributed by atoms with E-state index >= 15 is 0 Å². The zero-order chi connectivity index (χ0) is 52.4. The van der Waals surface area contributed by atoms with Gasteiger partial charge in [0.15, 0.2) is 0 Å². The van der Waals surface area contributed by atoms with E-state index in [2.05, 4.69) is 228 Å². The molecule has 0 spiro atoms. The highest BCUT2D eigenvalue weighted by molar-refractivity contribution is 6.16. The minimum atomic E-state index is -0.461. The number of fused-ring (bicyclic) bond motifs is 2. The Morgan fingerprint density at radius 1 is 0.403 bits per heavy atom. The van der Waals surface area contributed by atoms with Crippen molar-refractivity contribution in [1.29, 1.82) is 0 Å². The zero-order valence-electron chi connectivity index (χ0n) is 46.1. The molecular weight excluding hydrogens is 881 g/mol. The minimum Gasteiger partial charge on any atom is -0.507 e. The lowest BCUT2D eigenvalue weighted by molar-refractivity contribution is 0.442. The number of benzene rings is 6. The molecule has 0 saturated carbocycles. The van der Waals surface area contributed by atoms with Gasteiger partial charge in [0.25, 0.3) is 0 Å². The van der Waals surface area contributed by atoms with Gasteiger partial charge in [0.05, 0.1) is 34.2 Å².